The summed E-state index contributed by atoms with van der Waals surface area (Å²) in [6, 6.07) is 15.7. The first-order valence-corrected chi connectivity index (χ1v) is 9.92. The van der Waals surface area contributed by atoms with E-state index in [4.69, 9.17) is 4.74 Å². The molecule has 0 saturated carbocycles. The number of nitrogens with zero attached hydrogens (tertiary/aromatic N) is 2. The first-order chi connectivity index (χ1) is 13.1. The van der Waals surface area contributed by atoms with Gasteiger partial charge in [-0.05, 0) is 38.0 Å². The van der Waals surface area contributed by atoms with E-state index < -0.39 is 0 Å². The number of amides is 1. The molecule has 0 fully saturated rings. The van der Waals surface area contributed by atoms with E-state index >= 15 is 0 Å². The minimum atomic E-state index is -0.283. The van der Waals surface area contributed by atoms with Crippen LogP contribution in [0.5, 0.6) is 5.75 Å². The Morgan fingerprint density at radius 3 is 2.44 bits per heavy atom. The molecular weight excluding hydrogens is 356 g/mol. The van der Waals surface area contributed by atoms with Crippen molar-refractivity contribution < 1.29 is 9.53 Å². The molecule has 0 radical (unpaired) electrons. The van der Waals surface area contributed by atoms with Crippen LogP contribution in [-0.2, 0) is 13.0 Å². The quantitative estimate of drug-likeness (QED) is 0.635. The van der Waals surface area contributed by atoms with Crippen molar-refractivity contribution >= 4 is 17.2 Å². The molecule has 0 aliphatic carbocycles. The van der Waals surface area contributed by atoms with E-state index in [1.54, 1.807) is 30.6 Å². The molecule has 140 valence electrons. The number of thiazole rings is 1. The molecule has 1 aromatic heterocycles. The Bertz CT molecular complexity index is 1010. The van der Waals surface area contributed by atoms with Gasteiger partial charge in [-0.15, -0.1) is 11.3 Å². The number of aromatic nitrogens is 1. The van der Waals surface area contributed by atoms with E-state index in [0.29, 0.717) is 11.3 Å². The van der Waals surface area contributed by atoms with E-state index in [1.165, 1.54) is 10.4 Å². The lowest BCUT2D eigenvalue weighted by Crippen LogP contribution is -2.17. The fourth-order valence-corrected chi connectivity index (χ4v) is 4.22. The van der Waals surface area contributed by atoms with Gasteiger partial charge in [0.25, 0.3) is 5.91 Å². The lowest BCUT2D eigenvalue weighted by Gasteiger charge is -2.09. The number of rotatable bonds is 5. The van der Waals surface area contributed by atoms with Crippen molar-refractivity contribution in [1.82, 2.24) is 4.57 Å². The van der Waals surface area contributed by atoms with E-state index in [0.717, 1.165) is 29.0 Å². The monoisotopic (exact) mass is 380 g/mol. The Balaban J connectivity index is 2.15. The summed E-state index contributed by atoms with van der Waals surface area (Å²) in [5.74, 6) is 0.259. The van der Waals surface area contributed by atoms with Gasteiger partial charge in [-0.3, -0.25) is 4.79 Å². The van der Waals surface area contributed by atoms with Crippen molar-refractivity contribution in [3.05, 3.63) is 69.3 Å². The lowest BCUT2D eigenvalue weighted by atomic mass is 10.1. The van der Waals surface area contributed by atoms with Crippen molar-refractivity contribution in [2.24, 2.45) is 4.99 Å². The van der Waals surface area contributed by atoms with Crippen LogP contribution in [0.4, 0.5) is 0 Å². The van der Waals surface area contributed by atoms with Crippen LogP contribution in [-0.4, -0.2) is 17.6 Å². The highest BCUT2D eigenvalue weighted by atomic mass is 32.1. The van der Waals surface area contributed by atoms with E-state index in [2.05, 4.69) is 54.6 Å². The number of hydrogen-bond donors (Lipinski definition) is 0. The Hall–Kier alpha value is -2.66. The number of carbonyl (C=O) groups excluding carboxylic acids is 1. The van der Waals surface area contributed by atoms with Gasteiger partial charge < -0.3 is 9.30 Å². The van der Waals surface area contributed by atoms with Gasteiger partial charge in [0, 0.05) is 11.4 Å². The highest BCUT2D eigenvalue weighted by Gasteiger charge is 2.16. The van der Waals surface area contributed by atoms with Crippen LogP contribution in [0.15, 0.2) is 53.5 Å². The Morgan fingerprint density at radius 2 is 1.81 bits per heavy atom. The van der Waals surface area contributed by atoms with Gasteiger partial charge in [0.2, 0.25) is 0 Å². The van der Waals surface area contributed by atoms with Crippen molar-refractivity contribution in [1.29, 1.82) is 0 Å². The van der Waals surface area contributed by atoms with Crippen LogP contribution in [0.3, 0.4) is 0 Å². The van der Waals surface area contributed by atoms with Gasteiger partial charge in [-0.1, -0.05) is 48.9 Å². The summed E-state index contributed by atoms with van der Waals surface area (Å²) >= 11 is 1.58. The van der Waals surface area contributed by atoms with Gasteiger partial charge in [0.1, 0.15) is 5.75 Å². The molecule has 27 heavy (non-hydrogen) atoms. The summed E-state index contributed by atoms with van der Waals surface area (Å²) in [5.41, 5.74) is 4.01. The maximum Gasteiger partial charge on any atom is 0.283 e. The van der Waals surface area contributed by atoms with Gasteiger partial charge in [-0.25, -0.2) is 0 Å². The summed E-state index contributed by atoms with van der Waals surface area (Å²) in [6.07, 6.45) is 0.895. The molecule has 0 saturated heterocycles. The summed E-state index contributed by atoms with van der Waals surface area (Å²) in [5, 5.41) is 0. The molecule has 2 aromatic carbocycles. The second kappa shape index (κ2) is 8.35. The molecule has 4 nitrogen and oxygen atoms in total. The summed E-state index contributed by atoms with van der Waals surface area (Å²) in [6.45, 7) is 7.04. The minimum Gasteiger partial charge on any atom is -0.496 e. The highest BCUT2D eigenvalue weighted by molar-refractivity contribution is 7.09. The number of ether oxygens (including phenoxy) is 1. The first-order valence-electron chi connectivity index (χ1n) is 9.10. The van der Waals surface area contributed by atoms with Crippen LogP contribution < -0.4 is 9.54 Å². The molecule has 3 rings (SSSR count). The van der Waals surface area contributed by atoms with E-state index in [9.17, 15) is 4.79 Å². The Morgan fingerprint density at radius 1 is 1.11 bits per heavy atom. The number of aryl methyl sites for hydroxylation is 2. The van der Waals surface area contributed by atoms with Crippen molar-refractivity contribution in [2.75, 3.05) is 7.11 Å². The average molecular weight is 381 g/mol. The number of para-hydroxylation sites is 1. The van der Waals surface area contributed by atoms with Crippen LogP contribution in [0.2, 0.25) is 0 Å². The molecule has 0 spiro atoms. The number of methoxy groups -OCH3 is 1. The standard InChI is InChI=1S/C22H24N2O2S/c1-5-19-20(16-13-11-15(3)12-14-16)24(6-2)22(27-19)23-21(25)17-9-7-8-10-18(17)26-4/h7-14H,5-6H2,1-4H3. The molecule has 0 N–H and O–H groups in total. The normalized spacial score (nSPS) is 11.6. The third kappa shape index (κ3) is 3.88. The molecule has 0 aliphatic rings. The zero-order chi connectivity index (χ0) is 19.4. The van der Waals surface area contributed by atoms with Gasteiger partial charge in [-0.2, -0.15) is 4.99 Å². The van der Waals surface area contributed by atoms with Crippen LogP contribution in [0.25, 0.3) is 11.3 Å². The Kier molecular flexibility index (Phi) is 5.91. The zero-order valence-corrected chi connectivity index (χ0v) is 17.0. The summed E-state index contributed by atoms with van der Waals surface area (Å²) < 4.78 is 7.43. The molecule has 0 unspecified atom stereocenters. The first kappa shape index (κ1) is 19.1. The van der Waals surface area contributed by atoms with Gasteiger partial charge >= 0.3 is 0 Å². The molecule has 3 aromatic rings. The minimum absolute atomic E-state index is 0.283. The fourth-order valence-electron chi connectivity index (χ4n) is 3.07. The topological polar surface area (TPSA) is 43.6 Å². The van der Waals surface area contributed by atoms with E-state index in [1.807, 2.05) is 12.1 Å². The summed E-state index contributed by atoms with van der Waals surface area (Å²) in [4.78, 5) is 19.2. The third-order valence-corrected chi connectivity index (χ3v) is 5.70. The van der Waals surface area contributed by atoms with Crippen molar-refractivity contribution in [3.63, 3.8) is 0 Å². The van der Waals surface area contributed by atoms with Crippen molar-refractivity contribution in [3.8, 4) is 17.0 Å². The molecule has 0 atom stereocenters. The van der Waals surface area contributed by atoms with Gasteiger partial charge in [0.05, 0.1) is 18.4 Å². The second-order valence-electron chi connectivity index (χ2n) is 6.24. The molecule has 1 amide bonds. The zero-order valence-electron chi connectivity index (χ0n) is 16.2. The average Bonchev–Trinajstić information content (AvgIpc) is 3.05. The van der Waals surface area contributed by atoms with Crippen LogP contribution in [0.1, 0.15) is 34.6 Å². The highest BCUT2D eigenvalue weighted by Crippen LogP contribution is 2.27. The lowest BCUT2D eigenvalue weighted by molar-refractivity contribution is 0.0995. The summed E-state index contributed by atoms with van der Waals surface area (Å²) in [7, 11) is 1.56. The molecule has 5 heteroatoms. The number of hydrogen-bond acceptors (Lipinski definition) is 3. The molecule has 0 aliphatic heterocycles. The maximum atomic E-state index is 12.8. The predicted molar refractivity (Wildman–Crippen MR) is 110 cm³/mol. The SMILES string of the molecule is CCc1sc(=NC(=O)c2ccccc2OC)n(CC)c1-c1ccc(C)cc1. The van der Waals surface area contributed by atoms with E-state index in [-0.39, 0.29) is 5.91 Å². The second-order valence-corrected chi connectivity index (χ2v) is 7.30. The molecule has 1 heterocycles. The third-order valence-electron chi connectivity index (χ3n) is 4.48. The van der Waals surface area contributed by atoms with Gasteiger partial charge in [0.15, 0.2) is 4.80 Å². The molecular formula is C22H24N2O2S. The number of carbonyl (C=O) groups is 1. The maximum absolute atomic E-state index is 12.8. The van der Waals surface area contributed by atoms with Crippen LogP contribution in [0, 0.1) is 6.92 Å². The number of benzene rings is 2. The largest absolute Gasteiger partial charge is 0.496 e. The van der Waals surface area contributed by atoms with Crippen molar-refractivity contribution in [2.45, 2.75) is 33.7 Å². The molecule has 0 bridgehead atoms. The smallest absolute Gasteiger partial charge is 0.283 e. The van der Waals surface area contributed by atoms with Crippen LogP contribution >= 0.6 is 11.3 Å². The predicted octanol–water partition coefficient (Wildman–Crippen LogP) is 4.86. The Labute approximate surface area is 163 Å². The fraction of sp³-hybridized carbons (Fsp3) is 0.273.